The van der Waals surface area contributed by atoms with Gasteiger partial charge in [0.2, 0.25) is 0 Å². The molecule has 9 heteroatoms. The van der Waals surface area contributed by atoms with Gasteiger partial charge in [-0.2, -0.15) is 13.2 Å². The lowest BCUT2D eigenvalue weighted by Crippen LogP contribution is -2.19. The Morgan fingerprint density at radius 2 is 1.80 bits per heavy atom. The predicted octanol–water partition coefficient (Wildman–Crippen LogP) is 3.68. The first-order valence-corrected chi connectivity index (χ1v) is 8.59. The number of rotatable bonds is 5. The molecule has 1 N–H and O–H groups in total. The summed E-state index contributed by atoms with van der Waals surface area (Å²) in [6.07, 6.45) is -4.82. The van der Waals surface area contributed by atoms with Crippen LogP contribution in [0.4, 0.5) is 18.9 Å². The lowest BCUT2D eigenvalue weighted by atomic mass is 10.2. The SMILES string of the molecule is CCOC(=O)c1cccc(NS(=O)(=O)c2ccccc2C(F)(F)F)c1. The average molecular weight is 373 g/mol. The molecule has 0 aliphatic carbocycles. The van der Waals surface area contributed by atoms with Crippen molar-refractivity contribution in [2.75, 3.05) is 11.3 Å². The summed E-state index contributed by atoms with van der Waals surface area (Å²) < 4.78 is 70.6. The van der Waals surface area contributed by atoms with Crippen molar-refractivity contribution in [3.8, 4) is 0 Å². The number of sulfonamides is 1. The lowest BCUT2D eigenvalue weighted by Gasteiger charge is -2.14. The van der Waals surface area contributed by atoms with Gasteiger partial charge in [0.15, 0.2) is 0 Å². The Morgan fingerprint density at radius 3 is 2.44 bits per heavy atom. The summed E-state index contributed by atoms with van der Waals surface area (Å²) in [7, 11) is -4.50. The van der Waals surface area contributed by atoms with E-state index in [1.807, 2.05) is 4.72 Å². The highest BCUT2D eigenvalue weighted by atomic mass is 32.2. The maximum absolute atomic E-state index is 13.0. The predicted molar refractivity (Wildman–Crippen MR) is 84.7 cm³/mol. The third kappa shape index (κ3) is 4.50. The zero-order valence-electron chi connectivity index (χ0n) is 13.0. The summed E-state index contributed by atoms with van der Waals surface area (Å²) >= 11 is 0. The van der Waals surface area contributed by atoms with Gasteiger partial charge in [0.25, 0.3) is 10.0 Å². The van der Waals surface area contributed by atoms with Crippen molar-refractivity contribution in [3.63, 3.8) is 0 Å². The van der Waals surface area contributed by atoms with Crippen LogP contribution in [-0.2, 0) is 20.9 Å². The van der Waals surface area contributed by atoms with Crippen molar-refractivity contribution in [3.05, 3.63) is 59.7 Å². The molecule has 0 heterocycles. The second kappa shape index (κ2) is 7.14. The van der Waals surface area contributed by atoms with E-state index >= 15 is 0 Å². The molecule has 2 rings (SSSR count). The van der Waals surface area contributed by atoms with Crippen molar-refractivity contribution in [2.24, 2.45) is 0 Å². The van der Waals surface area contributed by atoms with Gasteiger partial charge < -0.3 is 4.74 Å². The minimum atomic E-state index is -4.82. The summed E-state index contributed by atoms with van der Waals surface area (Å²) in [5, 5.41) is 0. The van der Waals surface area contributed by atoms with E-state index in [1.54, 1.807) is 6.92 Å². The second-order valence-electron chi connectivity index (χ2n) is 4.90. The molecule has 2 aromatic rings. The molecule has 25 heavy (non-hydrogen) atoms. The van der Waals surface area contributed by atoms with E-state index in [1.165, 1.54) is 30.3 Å². The Bertz CT molecular complexity index is 879. The molecule has 0 fully saturated rings. The molecule has 134 valence electrons. The van der Waals surface area contributed by atoms with Gasteiger partial charge >= 0.3 is 12.1 Å². The molecule has 0 radical (unpaired) electrons. The number of carbonyl (C=O) groups excluding carboxylic acids is 1. The van der Waals surface area contributed by atoms with Crippen LogP contribution in [0.25, 0.3) is 0 Å². The number of carbonyl (C=O) groups is 1. The summed E-state index contributed by atoms with van der Waals surface area (Å²) in [6.45, 7) is 1.74. The average Bonchev–Trinajstić information content (AvgIpc) is 2.54. The molecule has 0 aromatic heterocycles. The molecule has 0 bridgehead atoms. The Kier molecular flexibility index (Phi) is 5.36. The third-order valence-corrected chi connectivity index (χ3v) is 4.55. The summed E-state index contributed by atoms with van der Waals surface area (Å²) in [6, 6.07) is 9.13. The third-order valence-electron chi connectivity index (χ3n) is 3.11. The summed E-state index contributed by atoms with van der Waals surface area (Å²) in [5.74, 6) is -0.667. The fourth-order valence-electron chi connectivity index (χ4n) is 2.07. The van der Waals surface area contributed by atoms with E-state index in [9.17, 15) is 26.4 Å². The topological polar surface area (TPSA) is 72.5 Å². The Hall–Kier alpha value is -2.55. The zero-order valence-corrected chi connectivity index (χ0v) is 13.8. The molecule has 0 unspecified atom stereocenters. The van der Waals surface area contributed by atoms with E-state index < -0.39 is 32.6 Å². The van der Waals surface area contributed by atoms with Gasteiger partial charge in [-0.3, -0.25) is 4.72 Å². The highest BCUT2D eigenvalue weighted by Crippen LogP contribution is 2.34. The van der Waals surface area contributed by atoms with Gasteiger partial charge in [-0.25, -0.2) is 13.2 Å². The molecular weight excluding hydrogens is 359 g/mol. The number of anilines is 1. The van der Waals surface area contributed by atoms with Gasteiger partial charge in [0, 0.05) is 5.69 Å². The van der Waals surface area contributed by atoms with Gasteiger partial charge in [-0.05, 0) is 37.3 Å². The number of ether oxygens (including phenoxy) is 1. The smallest absolute Gasteiger partial charge is 0.417 e. The standard InChI is InChI=1S/C16H14F3NO4S/c1-2-24-15(21)11-6-5-7-12(10-11)20-25(22,23)14-9-4-3-8-13(14)16(17,18)19/h3-10,20H,2H2,1H3. The minimum Gasteiger partial charge on any atom is -0.462 e. The molecule has 0 atom stereocenters. The maximum Gasteiger partial charge on any atom is 0.417 e. The molecule has 0 saturated carbocycles. The quantitative estimate of drug-likeness (QED) is 0.812. The van der Waals surface area contributed by atoms with Crippen LogP contribution < -0.4 is 4.72 Å². The van der Waals surface area contributed by atoms with Crippen LogP contribution in [0.3, 0.4) is 0 Å². The van der Waals surface area contributed by atoms with E-state index in [4.69, 9.17) is 4.74 Å². The number of benzene rings is 2. The van der Waals surface area contributed by atoms with Gasteiger partial charge in [-0.15, -0.1) is 0 Å². The molecule has 0 spiro atoms. The number of esters is 1. The van der Waals surface area contributed by atoms with E-state index in [-0.39, 0.29) is 17.9 Å². The molecule has 5 nitrogen and oxygen atoms in total. The van der Waals surface area contributed by atoms with Gasteiger partial charge in [0.05, 0.1) is 22.6 Å². The second-order valence-corrected chi connectivity index (χ2v) is 6.55. The number of hydrogen-bond donors (Lipinski definition) is 1. The van der Waals surface area contributed by atoms with Crippen LogP contribution in [-0.4, -0.2) is 21.0 Å². The Morgan fingerprint density at radius 1 is 1.12 bits per heavy atom. The zero-order chi connectivity index (χ0) is 18.7. The van der Waals surface area contributed by atoms with Crippen molar-refractivity contribution in [2.45, 2.75) is 18.0 Å². The van der Waals surface area contributed by atoms with Crippen molar-refractivity contribution < 1.29 is 31.1 Å². The van der Waals surface area contributed by atoms with Crippen LogP contribution in [0.5, 0.6) is 0 Å². The number of halogens is 3. The first kappa shape index (κ1) is 18.8. The van der Waals surface area contributed by atoms with Crippen molar-refractivity contribution >= 4 is 21.7 Å². The van der Waals surface area contributed by atoms with E-state index in [0.29, 0.717) is 6.07 Å². The maximum atomic E-state index is 13.0. The van der Waals surface area contributed by atoms with Crippen LogP contribution in [0, 0.1) is 0 Å². The number of alkyl halides is 3. The molecule has 0 amide bonds. The monoisotopic (exact) mass is 373 g/mol. The number of hydrogen-bond acceptors (Lipinski definition) is 4. The molecule has 0 aliphatic heterocycles. The minimum absolute atomic E-state index is 0.0532. The fourth-order valence-corrected chi connectivity index (χ4v) is 3.35. The first-order chi connectivity index (χ1) is 11.6. The largest absolute Gasteiger partial charge is 0.462 e. The highest BCUT2D eigenvalue weighted by Gasteiger charge is 2.36. The molecule has 0 saturated heterocycles. The van der Waals surface area contributed by atoms with Crippen LogP contribution in [0.2, 0.25) is 0 Å². The molecule has 2 aromatic carbocycles. The van der Waals surface area contributed by atoms with Crippen LogP contribution >= 0.6 is 0 Å². The van der Waals surface area contributed by atoms with Crippen LogP contribution in [0.15, 0.2) is 53.4 Å². The summed E-state index contributed by atoms with van der Waals surface area (Å²) in [4.78, 5) is 10.8. The van der Waals surface area contributed by atoms with E-state index in [0.717, 1.165) is 12.1 Å². The normalized spacial score (nSPS) is 11.8. The van der Waals surface area contributed by atoms with Crippen molar-refractivity contribution in [1.82, 2.24) is 0 Å². The van der Waals surface area contributed by atoms with Gasteiger partial charge in [-0.1, -0.05) is 18.2 Å². The van der Waals surface area contributed by atoms with Crippen LogP contribution in [0.1, 0.15) is 22.8 Å². The highest BCUT2D eigenvalue weighted by molar-refractivity contribution is 7.92. The lowest BCUT2D eigenvalue weighted by molar-refractivity contribution is -0.139. The fraction of sp³-hybridized carbons (Fsp3) is 0.188. The molecule has 0 aliphatic rings. The summed E-state index contributed by atoms with van der Waals surface area (Å²) in [5.41, 5.74) is -1.25. The molecular formula is C16H14F3NO4S. The van der Waals surface area contributed by atoms with Gasteiger partial charge in [0.1, 0.15) is 0 Å². The van der Waals surface area contributed by atoms with Crippen molar-refractivity contribution in [1.29, 1.82) is 0 Å². The van der Waals surface area contributed by atoms with E-state index in [2.05, 4.69) is 0 Å². The number of nitrogens with one attached hydrogen (secondary N) is 1. The Labute approximate surface area is 142 Å². The Balaban J connectivity index is 2.38. The first-order valence-electron chi connectivity index (χ1n) is 7.11.